The lowest BCUT2D eigenvalue weighted by Crippen LogP contribution is -2.33. The minimum absolute atomic E-state index is 0.103. The number of rotatable bonds is 4. The fourth-order valence-corrected chi connectivity index (χ4v) is 1.00. The molecular formula is C10H14N2O4. The Balaban J connectivity index is 4.94. The zero-order chi connectivity index (χ0) is 12.7. The van der Waals surface area contributed by atoms with E-state index in [4.69, 9.17) is 5.26 Å². The summed E-state index contributed by atoms with van der Waals surface area (Å²) in [4.78, 5) is 22.0. The zero-order valence-corrected chi connectivity index (χ0v) is 9.40. The Hall–Kier alpha value is -2.03. The van der Waals surface area contributed by atoms with Crippen LogP contribution in [-0.4, -0.2) is 29.6 Å². The van der Waals surface area contributed by atoms with Gasteiger partial charge in [-0.15, -0.1) is 0 Å². The number of nitriles is 1. The molecule has 0 aromatic rings. The summed E-state index contributed by atoms with van der Waals surface area (Å²) in [6.45, 7) is 4.40. The Labute approximate surface area is 93.5 Å². The smallest absolute Gasteiger partial charge is 0.352 e. The fourth-order valence-electron chi connectivity index (χ4n) is 1.00. The molecule has 0 aliphatic heterocycles. The first-order valence-electron chi connectivity index (χ1n) is 4.71. The minimum atomic E-state index is -0.903. The van der Waals surface area contributed by atoms with E-state index >= 15 is 0 Å². The summed E-state index contributed by atoms with van der Waals surface area (Å²) >= 11 is 0. The first kappa shape index (κ1) is 14.0. The fraction of sp³-hybridized carbons (Fsp3) is 0.500. The molecular weight excluding hydrogens is 212 g/mol. The van der Waals surface area contributed by atoms with Crippen molar-refractivity contribution in [2.75, 3.05) is 6.61 Å². The molecule has 0 rings (SSSR count). The van der Waals surface area contributed by atoms with E-state index < -0.39 is 23.3 Å². The highest BCUT2D eigenvalue weighted by atomic mass is 16.5. The van der Waals surface area contributed by atoms with Crippen LogP contribution in [0.5, 0.6) is 0 Å². The second-order valence-electron chi connectivity index (χ2n) is 3.01. The highest BCUT2D eigenvalue weighted by Gasteiger charge is 2.20. The Kier molecular flexibility index (Phi) is 5.63. The van der Waals surface area contributed by atoms with Crippen LogP contribution in [-0.2, 0) is 14.3 Å². The number of aliphatic hydroxyl groups is 1. The number of aliphatic hydroxyl groups excluding tert-OH is 1. The van der Waals surface area contributed by atoms with Gasteiger partial charge in [0.05, 0.1) is 12.6 Å². The van der Waals surface area contributed by atoms with E-state index in [1.54, 1.807) is 13.0 Å². The van der Waals surface area contributed by atoms with E-state index in [0.29, 0.717) is 0 Å². The minimum Gasteiger partial charge on any atom is -0.508 e. The predicted octanol–water partition coefficient (Wildman–Crippen LogP) is 0.410. The Morgan fingerprint density at radius 2 is 2.12 bits per heavy atom. The molecule has 0 aliphatic carbocycles. The summed E-state index contributed by atoms with van der Waals surface area (Å²) in [7, 11) is 0. The van der Waals surface area contributed by atoms with Gasteiger partial charge < -0.3 is 15.2 Å². The number of ether oxygens (including phenoxy) is 1. The highest BCUT2D eigenvalue weighted by Crippen LogP contribution is 2.07. The van der Waals surface area contributed by atoms with Crippen LogP contribution in [0.4, 0.5) is 0 Å². The molecule has 0 saturated heterocycles. The molecule has 0 saturated carbocycles. The molecule has 0 aromatic heterocycles. The van der Waals surface area contributed by atoms with Crippen LogP contribution in [0.25, 0.3) is 0 Å². The monoisotopic (exact) mass is 226 g/mol. The number of nitrogens with zero attached hydrogens (tertiary/aromatic N) is 1. The lowest BCUT2D eigenvalue weighted by molar-refractivity contribution is -0.138. The molecule has 6 heteroatoms. The second kappa shape index (κ2) is 6.45. The van der Waals surface area contributed by atoms with Crippen molar-refractivity contribution in [1.29, 1.82) is 5.26 Å². The van der Waals surface area contributed by atoms with Gasteiger partial charge in [-0.25, -0.2) is 4.79 Å². The number of amides is 1. The van der Waals surface area contributed by atoms with Crippen molar-refractivity contribution < 1.29 is 19.4 Å². The van der Waals surface area contributed by atoms with Crippen LogP contribution in [0.3, 0.4) is 0 Å². The Bertz CT molecular complexity index is 354. The lowest BCUT2D eigenvalue weighted by Gasteiger charge is -2.12. The van der Waals surface area contributed by atoms with Gasteiger partial charge in [0.1, 0.15) is 11.8 Å². The zero-order valence-electron chi connectivity index (χ0n) is 9.40. The molecule has 0 aliphatic rings. The molecule has 0 fully saturated rings. The van der Waals surface area contributed by atoms with Gasteiger partial charge in [0, 0.05) is 6.92 Å². The van der Waals surface area contributed by atoms with Gasteiger partial charge in [-0.05, 0) is 13.8 Å². The summed E-state index contributed by atoms with van der Waals surface area (Å²) in [5.41, 5.74) is -0.497. The topological polar surface area (TPSA) is 99.4 Å². The van der Waals surface area contributed by atoms with Crippen molar-refractivity contribution in [2.24, 2.45) is 0 Å². The Morgan fingerprint density at radius 3 is 2.50 bits per heavy atom. The number of carbonyl (C=O) groups is 2. The molecule has 0 radical (unpaired) electrons. The molecule has 0 bridgehead atoms. The van der Waals surface area contributed by atoms with E-state index in [9.17, 15) is 14.7 Å². The van der Waals surface area contributed by atoms with Gasteiger partial charge in [-0.2, -0.15) is 5.26 Å². The molecule has 6 nitrogen and oxygen atoms in total. The third-order valence-electron chi connectivity index (χ3n) is 1.68. The van der Waals surface area contributed by atoms with Gasteiger partial charge in [-0.1, -0.05) is 0 Å². The van der Waals surface area contributed by atoms with Crippen molar-refractivity contribution >= 4 is 11.9 Å². The average Bonchev–Trinajstić information content (AvgIpc) is 2.17. The van der Waals surface area contributed by atoms with Gasteiger partial charge in [0.2, 0.25) is 5.91 Å². The number of carbonyl (C=O) groups excluding carboxylic acids is 2. The lowest BCUT2D eigenvalue weighted by atomic mass is 10.1. The molecule has 16 heavy (non-hydrogen) atoms. The summed E-state index contributed by atoms with van der Waals surface area (Å²) in [5.74, 6) is -1.78. The molecule has 1 amide bonds. The maximum atomic E-state index is 11.2. The maximum Gasteiger partial charge on any atom is 0.352 e. The standard InChI is InChI=1S/C10H14N2O4/c1-4-16-10(15)8(5-11)9(14)6(2)12-7(3)13/h6,14H,4H2,1-3H3,(H,12,13)/b9-8+/t6-/m0/s1. The van der Waals surface area contributed by atoms with Crippen molar-refractivity contribution in [1.82, 2.24) is 5.32 Å². The van der Waals surface area contributed by atoms with Crippen LogP contribution in [0.2, 0.25) is 0 Å². The first-order valence-corrected chi connectivity index (χ1v) is 4.71. The molecule has 0 aromatic carbocycles. The molecule has 1 atom stereocenters. The summed E-state index contributed by atoms with van der Waals surface area (Å²) in [6, 6.07) is 0.736. The van der Waals surface area contributed by atoms with Crippen LogP contribution >= 0.6 is 0 Å². The van der Waals surface area contributed by atoms with E-state index in [-0.39, 0.29) is 12.5 Å². The van der Waals surface area contributed by atoms with Crippen molar-refractivity contribution in [3.05, 3.63) is 11.3 Å². The van der Waals surface area contributed by atoms with Gasteiger partial charge in [0.25, 0.3) is 0 Å². The maximum absolute atomic E-state index is 11.2. The van der Waals surface area contributed by atoms with Crippen LogP contribution < -0.4 is 5.32 Å². The van der Waals surface area contributed by atoms with Crippen molar-refractivity contribution in [3.8, 4) is 6.07 Å². The van der Waals surface area contributed by atoms with Crippen LogP contribution in [0.1, 0.15) is 20.8 Å². The number of hydrogen-bond acceptors (Lipinski definition) is 5. The highest BCUT2D eigenvalue weighted by molar-refractivity contribution is 5.93. The Morgan fingerprint density at radius 1 is 1.56 bits per heavy atom. The van der Waals surface area contributed by atoms with Gasteiger partial charge in [-0.3, -0.25) is 4.79 Å². The first-order chi connectivity index (χ1) is 7.43. The van der Waals surface area contributed by atoms with E-state index in [1.807, 2.05) is 0 Å². The quantitative estimate of drug-likeness (QED) is 0.313. The van der Waals surface area contributed by atoms with Crippen LogP contribution in [0.15, 0.2) is 11.3 Å². The molecule has 0 unspecified atom stereocenters. The van der Waals surface area contributed by atoms with E-state index in [2.05, 4.69) is 10.1 Å². The molecule has 0 heterocycles. The van der Waals surface area contributed by atoms with Gasteiger partial charge >= 0.3 is 5.97 Å². The predicted molar refractivity (Wildman–Crippen MR) is 55.2 cm³/mol. The third kappa shape index (κ3) is 4.00. The number of nitrogens with one attached hydrogen (secondary N) is 1. The van der Waals surface area contributed by atoms with Crippen molar-refractivity contribution in [2.45, 2.75) is 26.8 Å². The number of hydrogen-bond donors (Lipinski definition) is 2. The molecule has 2 N–H and O–H groups in total. The molecule has 0 spiro atoms. The largest absolute Gasteiger partial charge is 0.508 e. The third-order valence-corrected chi connectivity index (χ3v) is 1.68. The SMILES string of the molecule is CCOC(=O)/C(C#N)=C(/O)[C@H](C)NC(C)=O. The van der Waals surface area contributed by atoms with Gasteiger partial charge in [0.15, 0.2) is 5.57 Å². The summed E-state index contributed by atoms with van der Waals surface area (Å²) in [5, 5.41) is 20.6. The summed E-state index contributed by atoms with van der Waals surface area (Å²) in [6.07, 6.45) is 0. The average molecular weight is 226 g/mol. The normalized spacial score (nSPS) is 13.1. The van der Waals surface area contributed by atoms with Crippen molar-refractivity contribution in [3.63, 3.8) is 0 Å². The van der Waals surface area contributed by atoms with E-state index in [1.165, 1.54) is 13.8 Å². The summed E-state index contributed by atoms with van der Waals surface area (Å²) < 4.78 is 4.58. The van der Waals surface area contributed by atoms with Crippen LogP contribution in [0, 0.1) is 11.3 Å². The number of esters is 1. The molecule has 88 valence electrons. The second-order valence-corrected chi connectivity index (χ2v) is 3.01. The van der Waals surface area contributed by atoms with E-state index in [0.717, 1.165) is 0 Å².